The van der Waals surface area contributed by atoms with Crippen LogP contribution in [0.15, 0.2) is 200 Å². The first-order chi connectivity index (χ1) is 26.7. The molecule has 0 aliphatic carbocycles. The summed E-state index contributed by atoms with van der Waals surface area (Å²) in [6.45, 7) is 0. The monoisotopic (exact) mass is 691 g/mol. The maximum atomic E-state index is 5.16. The second-order valence-corrected chi connectivity index (χ2v) is 13.0. The van der Waals surface area contributed by atoms with Gasteiger partial charge < -0.3 is 0 Å². The zero-order chi connectivity index (χ0) is 36.1. The van der Waals surface area contributed by atoms with E-state index in [-0.39, 0.29) is 0 Å². The van der Waals surface area contributed by atoms with Crippen LogP contribution >= 0.6 is 0 Å². The highest BCUT2D eigenvalue weighted by molar-refractivity contribution is 5.82. The molecule has 0 saturated carbocycles. The number of benzene rings is 5. The van der Waals surface area contributed by atoms with Crippen molar-refractivity contribution in [2.75, 3.05) is 0 Å². The van der Waals surface area contributed by atoms with Crippen LogP contribution in [0, 0.1) is 0 Å². The number of pyridine rings is 3. The van der Waals surface area contributed by atoms with Gasteiger partial charge in [-0.15, -0.1) is 0 Å². The van der Waals surface area contributed by atoms with Crippen LogP contribution in [0.4, 0.5) is 0 Å². The van der Waals surface area contributed by atoms with E-state index < -0.39 is 0 Å². The van der Waals surface area contributed by atoms with Crippen molar-refractivity contribution in [3.63, 3.8) is 0 Å². The van der Waals surface area contributed by atoms with Gasteiger partial charge in [-0.05, 0) is 94.0 Å². The molecule has 0 radical (unpaired) electrons. The molecule has 0 aliphatic rings. The summed E-state index contributed by atoms with van der Waals surface area (Å²) in [7, 11) is 0. The van der Waals surface area contributed by atoms with Gasteiger partial charge in [0.15, 0.2) is 5.82 Å². The van der Waals surface area contributed by atoms with E-state index in [0.717, 1.165) is 84.2 Å². The van der Waals surface area contributed by atoms with E-state index in [1.165, 1.54) is 0 Å². The Labute approximate surface area is 314 Å². The molecule has 5 aromatic carbocycles. The summed E-state index contributed by atoms with van der Waals surface area (Å²) in [5.74, 6) is 0.649. The Morgan fingerprint density at radius 3 is 1.20 bits per heavy atom. The zero-order valence-electron chi connectivity index (χ0n) is 29.3. The molecule has 5 heteroatoms. The molecule has 4 heterocycles. The first-order valence-electron chi connectivity index (χ1n) is 17.9. The molecule has 4 aromatic heterocycles. The summed E-state index contributed by atoms with van der Waals surface area (Å²) in [5.41, 5.74) is 14.2. The molecule has 0 saturated heterocycles. The van der Waals surface area contributed by atoms with Crippen LogP contribution < -0.4 is 0 Å². The third-order valence-electron chi connectivity index (χ3n) is 9.38. The zero-order valence-corrected chi connectivity index (χ0v) is 29.3. The topological polar surface area (TPSA) is 64.5 Å². The highest BCUT2D eigenvalue weighted by Gasteiger charge is 2.15. The molecule has 9 rings (SSSR count). The molecule has 5 nitrogen and oxygen atoms in total. The lowest BCUT2D eigenvalue weighted by molar-refractivity contribution is 1.17. The molecular weight excluding hydrogens is 659 g/mol. The number of nitrogens with zero attached hydrogens (tertiary/aromatic N) is 5. The fourth-order valence-corrected chi connectivity index (χ4v) is 6.63. The molecule has 9 aromatic rings. The molecule has 0 amide bonds. The van der Waals surface area contributed by atoms with Crippen LogP contribution in [0.25, 0.3) is 90.1 Å². The van der Waals surface area contributed by atoms with Crippen molar-refractivity contribution in [1.29, 1.82) is 0 Å². The predicted molar refractivity (Wildman–Crippen MR) is 219 cm³/mol. The predicted octanol–water partition coefficient (Wildman–Crippen LogP) is 12.0. The van der Waals surface area contributed by atoms with E-state index in [0.29, 0.717) is 5.82 Å². The fraction of sp³-hybridized carbons (Fsp3) is 0. The van der Waals surface area contributed by atoms with Gasteiger partial charge in [-0.1, -0.05) is 127 Å². The summed E-state index contributed by atoms with van der Waals surface area (Å²) in [5, 5.41) is 0. The average Bonchev–Trinajstić information content (AvgIpc) is 3.27. The number of hydrogen-bond acceptors (Lipinski definition) is 5. The lowest BCUT2D eigenvalue weighted by Crippen LogP contribution is -1.97. The molecule has 0 bridgehead atoms. The Morgan fingerprint density at radius 1 is 0.241 bits per heavy atom. The minimum atomic E-state index is 0.649. The van der Waals surface area contributed by atoms with Crippen LogP contribution in [-0.2, 0) is 0 Å². The van der Waals surface area contributed by atoms with E-state index in [9.17, 15) is 0 Å². The van der Waals surface area contributed by atoms with Crippen molar-refractivity contribution in [2.24, 2.45) is 0 Å². The summed E-state index contributed by atoms with van der Waals surface area (Å²) >= 11 is 0. The second-order valence-electron chi connectivity index (χ2n) is 13.0. The van der Waals surface area contributed by atoms with E-state index in [1.807, 2.05) is 91.1 Å². The maximum Gasteiger partial charge on any atom is 0.160 e. The van der Waals surface area contributed by atoms with E-state index in [2.05, 4.69) is 108 Å². The third kappa shape index (κ3) is 6.94. The Bertz CT molecular complexity index is 2550. The van der Waals surface area contributed by atoms with Gasteiger partial charge in [0.1, 0.15) is 0 Å². The standard InChI is InChI=1S/C49H33N5/c1-5-15-34(16-6-1)39-27-40(35-17-7-2-8-18-35)29-42(28-39)46-32-45(53-49(54-46)37-21-11-4-12-22-37)38-24-25-44(51-33-38)48-31-41(36-19-9-3-10-20-36)30-47(52-48)43-23-13-14-26-50-43/h1-33H. The van der Waals surface area contributed by atoms with Gasteiger partial charge in [-0.3, -0.25) is 9.97 Å². The van der Waals surface area contributed by atoms with Crippen LogP contribution in [0.2, 0.25) is 0 Å². The molecule has 0 spiro atoms. The van der Waals surface area contributed by atoms with Crippen molar-refractivity contribution in [1.82, 2.24) is 24.9 Å². The minimum Gasteiger partial charge on any atom is -0.255 e. The summed E-state index contributed by atoms with van der Waals surface area (Å²) < 4.78 is 0. The van der Waals surface area contributed by atoms with Gasteiger partial charge in [-0.2, -0.15) is 0 Å². The van der Waals surface area contributed by atoms with Gasteiger partial charge in [0.05, 0.1) is 34.2 Å². The Kier molecular flexibility index (Phi) is 8.86. The van der Waals surface area contributed by atoms with Gasteiger partial charge >= 0.3 is 0 Å². The van der Waals surface area contributed by atoms with Crippen LogP contribution in [-0.4, -0.2) is 24.9 Å². The van der Waals surface area contributed by atoms with Crippen LogP contribution in [0.1, 0.15) is 0 Å². The summed E-state index contributed by atoms with van der Waals surface area (Å²) in [6.07, 6.45) is 3.67. The second kappa shape index (κ2) is 14.7. The smallest absolute Gasteiger partial charge is 0.160 e. The Balaban J connectivity index is 1.16. The highest BCUT2D eigenvalue weighted by Crippen LogP contribution is 2.35. The SMILES string of the molecule is c1ccc(-c2cc(-c3ccccc3)cc(-c3cc(-c4ccc(-c5cc(-c6ccccc6)cc(-c6ccccn6)n5)nc4)nc(-c4ccccc4)n3)c2)cc1. The van der Waals surface area contributed by atoms with Gasteiger partial charge in [-0.25, -0.2) is 15.0 Å². The van der Waals surface area contributed by atoms with Gasteiger partial charge in [0.25, 0.3) is 0 Å². The molecule has 254 valence electrons. The molecule has 0 fully saturated rings. The van der Waals surface area contributed by atoms with Gasteiger partial charge in [0.2, 0.25) is 0 Å². The molecule has 54 heavy (non-hydrogen) atoms. The molecular formula is C49H33N5. The Hall–Kier alpha value is -7.37. The van der Waals surface area contributed by atoms with E-state index in [1.54, 1.807) is 6.20 Å². The Morgan fingerprint density at radius 2 is 0.704 bits per heavy atom. The average molecular weight is 692 g/mol. The summed E-state index contributed by atoms with van der Waals surface area (Å²) in [6, 6.07) is 64.3. The first-order valence-corrected chi connectivity index (χ1v) is 17.9. The van der Waals surface area contributed by atoms with Crippen molar-refractivity contribution in [3.8, 4) is 90.1 Å². The van der Waals surface area contributed by atoms with Gasteiger partial charge in [0, 0.05) is 29.1 Å². The summed E-state index contributed by atoms with van der Waals surface area (Å²) in [4.78, 5) is 24.8. The van der Waals surface area contributed by atoms with Crippen molar-refractivity contribution in [2.45, 2.75) is 0 Å². The van der Waals surface area contributed by atoms with E-state index >= 15 is 0 Å². The molecule has 0 aliphatic heterocycles. The quantitative estimate of drug-likeness (QED) is 0.159. The molecule has 0 unspecified atom stereocenters. The van der Waals surface area contributed by atoms with Crippen molar-refractivity contribution in [3.05, 3.63) is 200 Å². The number of rotatable bonds is 8. The maximum absolute atomic E-state index is 5.16. The highest BCUT2D eigenvalue weighted by atomic mass is 14.9. The number of hydrogen-bond donors (Lipinski definition) is 0. The van der Waals surface area contributed by atoms with E-state index in [4.69, 9.17) is 19.9 Å². The van der Waals surface area contributed by atoms with Crippen molar-refractivity contribution < 1.29 is 0 Å². The number of aromatic nitrogens is 5. The lowest BCUT2D eigenvalue weighted by atomic mass is 9.94. The normalized spacial score (nSPS) is 11.0. The molecule has 0 atom stereocenters. The minimum absolute atomic E-state index is 0.649. The van der Waals surface area contributed by atoms with Crippen molar-refractivity contribution >= 4 is 0 Å². The third-order valence-corrected chi connectivity index (χ3v) is 9.38. The van der Waals surface area contributed by atoms with Crippen LogP contribution in [0.3, 0.4) is 0 Å². The van der Waals surface area contributed by atoms with Crippen LogP contribution in [0.5, 0.6) is 0 Å². The molecule has 0 N–H and O–H groups in total. The first kappa shape index (κ1) is 32.5. The lowest BCUT2D eigenvalue weighted by Gasteiger charge is -2.13. The largest absolute Gasteiger partial charge is 0.255 e. The fourth-order valence-electron chi connectivity index (χ4n) is 6.63.